The molecule has 0 amide bonds. The highest BCUT2D eigenvalue weighted by Gasteiger charge is 2.15. The Balaban J connectivity index is 1.82. The number of carbonyl (C=O) groups is 2. The van der Waals surface area contributed by atoms with Crippen LogP contribution in [0.25, 0.3) is 10.8 Å². The molecule has 2 aromatic carbocycles. The van der Waals surface area contributed by atoms with Crippen molar-refractivity contribution in [3.63, 3.8) is 0 Å². The van der Waals surface area contributed by atoms with Gasteiger partial charge < -0.3 is 9.84 Å². The summed E-state index contributed by atoms with van der Waals surface area (Å²) in [5, 5.41) is 13.7. The molecule has 7 nitrogen and oxygen atoms in total. The van der Waals surface area contributed by atoms with Gasteiger partial charge >= 0.3 is 11.9 Å². The molecule has 0 aliphatic heterocycles. The molecule has 1 aromatic heterocycles. The summed E-state index contributed by atoms with van der Waals surface area (Å²) in [6.45, 7) is -0.138. The lowest BCUT2D eigenvalue weighted by Gasteiger charge is -2.09. The van der Waals surface area contributed by atoms with E-state index >= 15 is 0 Å². The summed E-state index contributed by atoms with van der Waals surface area (Å²) in [5.41, 5.74) is -0.256. The molecule has 0 saturated carbocycles. The maximum absolute atomic E-state index is 12.4. The molecule has 0 unspecified atom stereocenters. The van der Waals surface area contributed by atoms with Gasteiger partial charge in [0.1, 0.15) is 6.61 Å². The van der Waals surface area contributed by atoms with Crippen molar-refractivity contribution in [2.45, 2.75) is 6.54 Å². The van der Waals surface area contributed by atoms with Crippen molar-refractivity contribution in [3.8, 4) is 0 Å². The van der Waals surface area contributed by atoms with E-state index in [1.807, 2.05) is 0 Å². The average molecular weight is 338 g/mol. The third kappa shape index (κ3) is 3.40. The molecular formula is C18H14N2O5. The van der Waals surface area contributed by atoms with Gasteiger partial charge in [-0.25, -0.2) is 14.3 Å². The number of hydrogen-bond acceptors (Lipinski definition) is 5. The normalized spacial score (nSPS) is 10.6. The van der Waals surface area contributed by atoms with Gasteiger partial charge in [0, 0.05) is 5.39 Å². The summed E-state index contributed by atoms with van der Waals surface area (Å²) < 4.78 is 6.12. The third-order valence-electron chi connectivity index (χ3n) is 3.62. The standard InChI is InChI=1S/C18H14N2O5/c21-16-14-9-5-4-8-13(14)15(17(22)23)19-20(16)10-11-25-18(24)12-6-2-1-3-7-12/h1-9H,10-11H2,(H,22,23). The number of hydrogen-bond donors (Lipinski definition) is 1. The zero-order chi connectivity index (χ0) is 17.8. The zero-order valence-corrected chi connectivity index (χ0v) is 13.1. The van der Waals surface area contributed by atoms with Crippen molar-refractivity contribution in [2.75, 3.05) is 6.61 Å². The van der Waals surface area contributed by atoms with E-state index in [1.54, 1.807) is 42.5 Å². The lowest BCUT2D eigenvalue weighted by atomic mass is 10.1. The summed E-state index contributed by atoms with van der Waals surface area (Å²) in [7, 11) is 0. The van der Waals surface area contributed by atoms with Crippen LogP contribution in [0.5, 0.6) is 0 Å². The maximum atomic E-state index is 12.4. The summed E-state index contributed by atoms with van der Waals surface area (Å²) in [5.74, 6) is -1.75. The van der Waals surface area contributed by atoms with Crippen LogP contribution in [0.3, 0.4) is 0 Å². The number of carboxylic acids is 1. The average Bonchev–Trinajstić information content (AvgIpc) is 2.64. The molecule has 0 radical (unpaired) electrons. The number of carboxylic acid groups (broad SMARTS) is 1. The van der Waals surface area contributed by atoms with Crippen LogP contribution in [0.1, 0.15) is 20.8 Å². The van der Waals surface area contributed by atoms with Crippen LogP contribution in [0.15, 0.2) is 59.4 Å². The van der Waals surface area contributed by atoms with Gasteiger partial charge in [0.25, 0.3) is 5.56 Å². The number of aromatic carboxylic acids is 1. The molecule has 0 bridgehead atoms. The smallest absolute Gasteiger partial charge is 0.357 e. The second-order valence-electron chi connectivity index (χ2n) is 5.23. The Morgan fingerprint density at radius 3 is 2.32 bits per heavy atom. The van der Waals surface area contributed by atoms with Crippen LogP contribution < -0.4 is 5.56 Å². The van der Waals surface area contributed by atoms with Crippen molar-refractivity contribution in [1.29, 1.82) is 0 Å². The molecule has 7 heteroatoms. The minimum atomic E-state index is -1.23. The van der Waals surface area contributed by atoms with Gasteiger partial charge in [-0.2, -0.15) is 5.10 Å². The first-order valence-electron chi connectivity index (χ1n) is 7.53. The fourth-order valence-corrected chi connectivity index (χ4v) is 2.43. The maximum Gasteiger partial charge on any atom is 0.357 e. The number of benzene rings is 2. The summed E-state index contributed by atoms with van der Waals surface area (Å²) in [6.07, 6.45) is 0. The zero-order valence-electron chi connectivity index (χ0n) is 13.1. The van der Waals surface area contributed by atoms with Crippen molar-refractivity contribution < 1.29 is 19.4 Å². The van der Waals surface area contributed by atoms with Gasteiger partial charge in [-0.15, -0.1) is 0 Å². The Morgan fingerprint density at radius 1 is 1.00 bits per heavy atom. The second kappa shape index (κ2) is 6.96. The monoisotopic (exact) mass is 338 g/mol. The van der Waals surface area contributed by atoms with E-state index in [1.165, 1.54) is 12.1 Å². The highest BCUT2D eigenvalue weighted by molar-refractivity contribution is 6.01. The Morgan fingerprint density at radius 2 is 1.64 bits per heavy atom. The molecule has 0 aliphatic rings. The van der Waals surface area contributed by atoms with Crippen molar-refractivity contribution in [1.82, 2.24) is 9.78 Å². The lowest BCUT2D eigenvalue weighted by Crippen LogP contribution is -2.28. The van der Waals surface area contributed by atoms with Gasteiger partial charge in [-0.3, -0.25) is 4.79 Å². The lowest BCUT2D eigenvalue weighted by molar-refractivity contribution is 0.0483. The number of ether oxygens (including phenoxy) is 1. The Labute approximate surface area is 142 Å². The van der Waals surface area contributed by atoms with E-state index < -0.39 is 17.5 Å². The molecule has 0 fully saturated rings. The molecule has 25 heavy (non-hydrogen) atoms. The van der Waals surface area contributed by atoms with Crippen LogP contribution in [0.2, 0.25) is 0 Å². The molecule has 3 aromatic rings. The van der Waals surface area contributed by atoms with Crippen LogP contribution in [-0.2, 0) is 11.3 Å². The van der Waals surface area contributed by atoms with Crippen LogP contribution in [0.4, 0.5) is 0 Å². The molecule has 1 heterocycles. The molecule has 1 N–H and O–H groups in total. The van der Waals surface area contributed by atoms with Gasteiger partial charge in [0.2, 0.25) is 0 Å². The highest BCUT2D eigenvalue weighted by Crippen LogP contribution is 2.13. The predicted octanol–water partition coefficient (Wildman–Crippen LogP) is 1.95. The van der Waals surface area contributed by atoms with Gasteiger partial charge in [0.15, 0.2) is 5.69 Å². The Kier molecular flexibility index (Phi) is 4.56. The van der Waals surface area contributed by atoms with Gasteiger partial charge in [-0.05, 0) is 18.2 Å². The SMILES string of the molecule is O=C(OCCn1nc(C(=O)O)c2ccccc2c1=O)c1ccccc1. The second-order valence-corrected chi connectivity index (χ2v) is 5.23. The van der Waals surface area contributed by atoms with Crippen LogP contribution in [-0.4, -0.2) is 33.4 Å². The highest BCUT2D eigenvalue weighted by atomic mass is 16.5. The van der Waals surface area contributed by atoms with Crippen molar-refractivity contribution in [2.24, 2.45) is 0 Å². The van der Waals surface area contributed by atoms with E-state index in [0.717, 1.165) is 4.68 Å². The molecule has 0 aliphatic carbocycles. The fourth-order valence-electron chi connectivity index (χ4n) is 2.43. The first-order valence-corrected chi connectivity index (χ1v) is 7.53. The van der Waals surface area contributed by atoms with Crippen LogP contribution >= 0.6 is 0 Å². The number of nitrogens with zero attached hydrogens (tertiary/aromatic N) is 2. The summed E-state index contributed by atoms with van der Waals surface area (Å²) in [4.78, 5) is 35.7. The first-order chi connectivity index (χ1) is 12.1. The number of carbonyl (C=O) groups excluding carboxylic acids is 1. The van der Waals surface area contributed by atoms with E-state index in [0.29, 0.717) is 5.56 Å². The van der Waals surface area contributed by atoms with Gasteiger partial charge in [-0.1, -0.05) is 36.4 Å². The minimum Gasteiger partial charge on any atom is -0.476 e. The Hall–Kier alpha value is -3.48. The topological polar surface area (TPSA) is 98.5 Å². The third-order valence-corrected chi connectivity index (χ3v) is 3.62. The predicted molar refractivity (Wildman–Crippen MR) is 89.7 cm³/mol. The first kappa shape index (κ1) is 16.4. The number of esters is 1. The fraction of sp³-hybridized carbons (Fsp3) is 0.111. The molecule has 0 atom stereocenters. The van der Waals surface area contributed by atoms with Crippen molar-refractivity contribution in [3.05, 3.63) is 76.2 Å². The molecular weight excluding hydrogens is 324 g/mol. The number of rotatable bonds is 5. The quantitative estimate of drug-likeness (QED) is 0.714. The van der Waals surface area contributed by atoms with E-state index in [9.17, 15) is 19.5 Å². The number of aromatic nitrogens is 2. The minimum absolute atomic E-state index is 0.0392. The summed E-state index contributed by atoms with van der Waals surface area (Å²) >= 11 is 0. The molecule has 0 saturated heterocycles. The molecule has 126 valence electrons. The largest absolute Gasteiger partial charge is 0.476 e. The molecule has 0 spiro atoms. The Bertz CT molecular complexity index is 995. The number of fused-ring (bicyclic) bond motifs is 1. The summed E-state index contributed by atoms with van der Waals surface area (Å²) in [6, 6.07) is 14.8. The van der Waals surface area contributed by atoms with E-state index in [4.69, 9.17) is 4.74 Å². The molecule has 3 rings (SSSR count). The van der Waals surface area contributed by atoms with E-state index in [-0.39, 0.29) is 29.6 Å². The van der Waals surface area contributed by atoms with Crippen molar-refractivity contribution >= 4 is 22.7 Å². The van der Waals surface area contributed by atoms with E-state index in [2.05, 4.69) is 5.10 Å². The van der Waals surface area contributed by atoms with Crippen LogP contribution in [0, 0.1) is 0 Å². The van der Waals surface area contributed by atoms with Gasteiger partial charge in [0.05, 0.1) is 17.5 Å².